The minimum absolute atomic E-state index is 0.165. The van der Waals surface area contributed by atoms with Gasteiger partial charge in [0.15, 0.2) is 0 Å². The highest BCUT2D eigenvalue weighted by Gasteiger charge is 2.28. The number of hydrogen-bond donors (Lipinski definition) is 1. The van der Waals surface area contributed by atoms with Crippen LogP contribution < -0.4 is 5.73 Å². The first-order chi connectivity index (χ1) is 9.50. The van der Waals surface area contributed by atoms with Crippen LogP contribution in [-0.2, 0) is 12.5 Å². The SMILES string of the molecule is Cn1c(C(C)(C)c2ccc(N)cc2)nc2ccccc21. The van der Waals surface area contributed by atoms with Crippen molar-refractivity contribution in [2.24, 2.45) is 7.05 Å². The average molecular weight is 265 g/mol. The maximum Gasteiger partial charge on any atom is 0.119 e. The van der Waals surface area contributed by atoms with Gasteiger partial charge in [-0.05, 0) is 43.7 Å². The number of aryl methyl sites for hydroxylation is 1. The summed E-state index contributed by atoms with van der Waals surface area (Å²) in [6, 6.07) is 16.3. The highest BCUT2D eigenvalue weighted by Crippen LogP contribution is 2.32. The summed E-state index contributed by atoms with van der Waals surface area (Å²) in [6.07, 6.45) is 0. The molecule has 0 aliphatic heterocycles. The van der Waals surface area contributed by atoms with E-state index in [-0.39, 0.29) is 5.41 Å². The Kier molecular flexibility index (Phi) is 2.78. The standard InChI is InChI=1S/C17H19N3/c1-17(2,12-8-10-13(18)11-9-12)16-19-14-6-4-5-7-15(14)20(16)3/h4-11H,18H2,1-3H3. The Morgan fingerprint density at radius 1 is 1.00 bits per heavy atom. The summed E-state index contributed by atoms with van der Waals surface area (Å²) < 4.78 is 2.17. The van der Waals surface area contributed by atoms with Crippen LogP contribution in [0.1, 0.15) is 25.2 Å². The minimum Gasteiger partial charge on any atom is -0.399 e. The van der Waals surface area contributed by atoms with Gasteiger partial charge in [0, 0.05) is 18.2 Å². The molecule has 1 aromatic heterocycles. The molecule has 0 fully saturated rings. The number of fused-ring (bicyclic) bond motifs is 1. The normalized spacial score (nSPS) is 11.9. The Bertz CT molecular complexity index is 752. The number of nitrogen functional groups attached to an aromatic ring is 1. The van der Waals surface area contributed by atoms with Crippen LogP contribution in [0.2, 0.25) is 0 Å². The van der Waals surface area contributed by atoms with Crippen LogP contribution in [0.4, 0.5) is 5.69 Å². The first-order valence-corrected chi connectivity index (χ1v) is 6.78. The van der Waals surface area contributed by atoms with Crippen LogP contribution >= 0.6 is 0 Å². The van der Waals surface area contributed by atoms with Gasteiger partial charge < -0.3 is 10.3 Å². The van der Waals surface area contributed by atoms with Gasteiger partial charge in [-0.1, -0.05) is 24.3 Å². The van der Waals surface area contributed by atoms with Crippen molar-refractivity contribution in [2.45, 2.75) is 19.3 Å². The lowest BCUT2D eigenvalue weighted by Gasteiger charge is -2.25. The molecule has 102 valence electrons. The minimum atomic E-state index is -0.165. The largest absolute Gasteiger partial charge is 0.399 e. The molecule has 3 aromatic rings. The van der Waals surface area contributed by atoms with E-state index in [1.54, 1.807) is 0 Å². The van der Waals surface area contributed by atoms with Gasteiger partial charge in [0.2, 0.25) is 0 Å². The lowest BCUT2D eigenvalue weighted by molar-refractivity contribution is 0.568. The van der Waals surface area contributed by atoms with Crippen molar-refractivity contribution in [3.63, 3.8) is 0 Å². The first-order valence-electron chi connectivity index (χ1n) is 6.78. The molecule has 2 aromatic carbocycles. The van der Waals surface area contributed by atoms with Gasteiger partial charge in [-0.25, -0.2) is 4.98 Å². The van der Waals surface area contributed by atoms with Crippen molar-refractivity contribution < 1.29 is 0 Å². The molecular weight excluding hydrogens is 246 g/mol. The van der Waals surface area contributed by atoms with Gasteiger partial charge in [-0.3, -0.25) is 0 Å². The molecular formula is C17H19N3. The van der Waals surface area contributed by atoms with E-state index in [9.17, 15) is 0 Å². The van der Waals surface area contributed by atoms with E-state index in [2.05, 4.69) is 49.7 Å². The third kappa shape index (κ3) is 1.86. The molecule has 2 N–H and O–H groups in total. The van der Waals surface area contributed by atoms with E-state index in [4.69, 9.17) is 10.7 Å². The Morgan fingerprint density at radius 3 is 2.30 bits per heavy atom. The number of hydrogen-bond acceptors (Lipinski definition) is 2. The fourth-order valence-electron chi connectivity index (χ4n) is 2.73. The third-order valence-electron chi connectivity index (χ3n) is 3.98. The molecule has 1 heterocycles. The molecule has 0 unspecified atom stereocenters. The van der Waals surface area contributed by atoms with Gasteiger partial charge in [0.1, 0.15) is 5.82 Å². The second kappa shape index (κ2) is 4.37. The lowest BCUT2D eigenvalue weighted by atomic mass is 9.83. The summed E-state index contributed by atoms with van der Waals surface area (Å²) >= 11 is 0. The topological polar surface area (TPSA) is 43.8 Å². The van der Waals surface area contributed by atoms with Gasteiger partial charge in [-0.2, -0.15) is 0 Å². The smallest absolute Gasteiger partial charge is 0.119 e. The molecule has 0 bridgehead atoms. The molecule has 0 saturated heterocycles. The van der Waals surface area contributed by atoms with Crippen molar-refractivity contribution in [3.8, 4) is 0 Å². The molecule has 0 atom stereocenters. The van der Waals surface area contributed by atoms with Crippen LogP contribution in [0.3, 0.4) is 0 Å². The summed E-state index contributed by atoms with van der Waals surface area (Å²) in [5.41, 5.74) is 9.81. The van der Waals surface area contributed by atoms with Crippen LogP contribution in [0, 0.1) is 0 Å². The van der Waals surface area contributed by atoms with E-state index in [1.165, 1.54) is 5.56 Å². The zero-order valence-corrected chi connectivity index (χ0v) is 12.1. The summed E-state index contributed by atoms with van der Waals surface area (Å²) in [4.78, 5) is 4.81. The fraction of sp³-hybridized carbons (Fsp3) is 0.235. The van der Waals surface area contributed by atoms with Crippen molar-refractivity contribution >= 4 is 16.7 Å². The molecule has 0 radical (unpaired) electrons. The molecule has 3 nitrogen and oxygen atoms in total. The zero-order chi connectivity index (χ0) is 14.3. The first kappa shape index (κ1) is 12.7. The summed E-state index contributed by atoms with van der Waals surface area (Å²) in [5, 5.41) is 0. The highest BCUT2D eigenvalue weighted by molar-refractivity contribution is 5.76. The predicted octanol–water partition coefficient (Wildman–Crippen LogP) is 3.48. The third-order valence-corrected chi connectivity index (χ3v) is 3.98. The molecule has 3 rings (SSSR count). The number of nitrogens with two attached hydrogens (primary N) is 1. The quantitative estimate of drug-likeness (QED) is 0.721. The Labute approximate surface area is 119 Å². The molecule has 3 heteroatoms. The van der Waals surface area contributed by atoms with Gasteiger partial charge in [0.25, 0.3) is 0 Å². The monoisotopic (exact) mass is 265 g/mol. The number of anilines is 1. The molecule has 20 heavy (non-hydrogen) atoms. The van der Waals surface area contributed by atoms with Crippen molar-refractivity contribution in [2.75, 3.05) is 5.73 Å². The summed E-state index contributed by atoms with van der Waals surface area (Å²) in [7, 11) is 2.07. The van der Waals surface area contributed by atoms with Crippen LogP contribution in [0.5, 0.6) is 0 Å². The molecule has 0 aliphatic rings. The van der Waals surface area contributed by atoms with Gasteiger partial charge >= 0.3 is 0 Å². The molecule has 0 aliphatic carbocycles. The van der Waals surface area contributed by atoms with Crippen molar-refractivity contribution in [1.82, 2.24) is 9.55 Å². The van der Waals surface area contributed by atoms with E-state index in [0.717, 1.165) is 22.5 Å². The second-order valence-electron chi connectivity index (χ2n) is 5.73. The predicted molar refractivity (Wildman–Crippen MR) is 83.7 cm³/mol. The second-order valence-corrected chi connectivity index (χ2v) is 5.73. The molecule has 0 saturated carbocycles. The summed E-state index contributed by atoms with van der Waals surface area (Å²) in [6.45, 7) is 4.39. The van der Waals surface area contributed by atoms with Gasteiger partial charge in [0.05, 0.1) is 11.0 Å². The number of para-hydroxylation sites is 2. The van der Waals surface area contributed by atoms with Crippen LogP contribution in [0.25, 0.3) is 11.0 Å². The molecule has 0 amide bonds. The van der Waals surface area contributed by atoms with Crippen LogP contribution in [0.15, 0.2) is 48.5 Å². The average Bonchev–Trinajstić information content (AvgIpc) is 2.78. The van der Waals surface area contributed by atoms with Gasteiger partial charge in [-0.15, -0.1) is 0 Å². The number of nitrogens with zero attached hydrogens (tertiary/aromatic N) is 2. The maximum atomic E-state index is 5.78. The molecule has 0 spiro atoms. The summed E-state index contributed by atoms with van der Waals surface area (Å²) in [5.74, 6) is 1.06. The Hall–Kier alpha value is -2.29. The number of aromatic nitrogens is 2. The fourth-order valence-corrected chi connectivity index (χ4v) is 2.73. The van der Waals surface area contributed by atoms with E-state index in [1.807, 2.05) is 24.3 Å². The van der Waals surface area contributed by atoms with Crippen molar-refractivity contribution in [3.05, 3.63) is 59.9 Å². The Balaban J connectivity index is 2.18. The number of imidazole rings is 1. The Morgan fingerprint density at radius 2 is 1.65 bits per heavy atom. The lowest BCUT2D eigenvalue weighted by Crippen LogP contribution is -2.23. The number of benzene rings is 2. The van der Waals surface area contributed by atoms with E-state index in [0.29, 0.717) is 0 Å². The van der Waals surface area contributed by atoms with Crippen molar-refractivity contribution in [1.29, 1.82) is 0 Å². The zero-order valence-electron chi connectivity index (χ0n) is 12.1. The maximum absolute atomic E-state index is 5.78. The highest BCUT2D eigenvalue weighted by atomic mass is 15.1. The van der Waals surface area contributed by atoms with Crippen LogP contribution in [-0.4, -0.2) is 9.55 Å². The van der Waals surface area contributed by atoms with E-state index >= 15 is 0 Å². The van der Waals surface area contributed by atoms with E-state index < -0.39 is 0 Å². The number of rotatable bonds is 2.